The highest BCUT2D eigenvalue weighted by atomic mass is 16.5. The molecule has 1 unspecified atom stereocenters. The number of carboxylic acid groups (broad SMARTS) is 1. The lowest BCUT2D eigenvalue weighted by atomic mass is 10.0. The largest absolute Gasteiger partial charge is 0.481 e. The first kappa shape index (κ1) is 13.4. The van der Waals surface area contributed by atoms with Crippen LogP contribution in [0.5, 0.6) is 0 Å². The van der Waals surface area contributed by atoms with Crippen LogP contribution >= 0.6 is 0 Å². The zero-order valence-electron chi connectivity index (χ0n) is 9.08. The van der Waals surface area contributed by atoms with Crippen LogP contribution in [-0.2, 0) is 9.53 Å². The minimum atomic E-state index is -0.704. The van der Waals surface area contributed by atoms with E-state index in [0.29, 0.717) is 5.92 Å². The third-order valence-electron chi connectivity index (χ3n) is 2.15. The number of carbonyl (C=O) groups is 1. The number of hydrogen-bond acceptors (Lipinski definition) is 3. The highest BCUT2D eigenvalue weighted by Crippen LogP contribution is 2.08. The SMILES string of the molecule is COCCNCCC(C)CCC(=O)O. The summed E-state index contributed by atoms with van der Waals surface area (Å²) in [4.78, 5) is 10.3. The Morgan fingerprint density at radius 3 is 2.71 bits per heavy atom. The van der Waals surface area contributed by atoms with Crippen molar-refractivity contribution >= 4 is 5.97 Å². The van der Waals surface area contributed by atoms with Crippen molar-refractivity contribution < 1.29 is 14.6 Å². The zero-order chi connectivity index (χ0) is 10.8. The van der Waals surface area contributed by atoms with Crippen LogP contribution in [-0.4, -0.2) is 37.9 Å². The van der Waals surface area contributed by atoms with Crippen molar-refractivity contribution in [1.82, 2.24) is 5.32 Å². The first-order valence-electron chi connectivity index (χ1n) is 5.08. The smallest absolute Gasteiger partial charge is 0.303 e. The molecule has 0 amide bonds. The standard InChI is InChI=1S/C10H21NO3/c1-9(3-4-10(12)13)5-6-11-7-8-14-2/h9,11H,3-8H2,1-2H3,(H,12,13). The zero-order valence-corrected chi connectivity index (χ0v) is 9.08. The van der Waals surface area contributed by atoms with Gasteiger partial charge in [-0.2, -0.15) is 0 Å². The molecule has 0 aromatic carbocycles. The molecular weight excluding hydrogens is 182 g/mol. The van der Waals surface area contributed by atoms with Crippen molar-refractivity contribution in [2.45, 2.75) is 26.2 Å². The Labute approximate surface area is 85.6 Å². The predicted octanol–water partition coefficient (Wildman–Crippen LogP) is 1.11. The van der Waals surface area contributed by atoms with Gasteiger partial charge in [-0.15, -0.1) is 0 Å². The molecule has 0 aliphatic heterocycles. The Kier molecular flexibility index (Phi) is 8.57. The minimum Gasteiger partial charge on any atom is -0.481 e. The first-order valence-corrected chi connectivity index (χ1v) is 5.08. The Morgan fingerprint density at radius 1 is 1.43 bits per heavy atom. The monoisotopic (exact) mass is 203 g/mol. The van der Waals surface area contributed by atoms with Gasteiger partial charge in [0.2, 0.25) is 0 Å². The highest BCUT2D eigenvalue weighted by Gasteiger charge is 2.04. The maximum Gasteiger partial charge on any atom is 0.303 e. The number of ether oxygens (including phenoxy) is 1. The number of carboxylic acids is 1. The summed E-state index contributed by atoms with van der Waals surface area (Å²) >= 11 is 0. The second-order valence-electron chi connectivity index (χ2n) is 3.57. The van der Waals surface area contributed by atoms with Crippen LogP contribution in [0.15, 0.2) is 0 Å². The van der Waals surface area contributed by atoms with E-state index in [9.17, 15) is 4.79 Å². The van der Waals surface area contributed by atoms with E-state index in [2.05, 4.69) is 12.2 Å². The average molecular weight is 203 g/mol. The summed E-state index contributed by atoms with van der Waals surface area (Å²) in [6, 6.07) is 0. The number of nitrogens with one attached hydrogen (secondary N) is 1. The van der Waals surface area contributed by atoms with Crippen molar-refractivity contribution in [2.75, 3.05) is 26.8 Å². The van der Waals surface area contributed by atoms with Gasteiger partial charge in [0.05, 0.1) is 6.61 Å². The first-order chi connectivity index (χ1) is 6.66. The molecule has 0 aliphatic rings. The molecule has 0 radical (unpaired) electrons. The molecule has 0 saturated carbocycles. The molecule has 0 bridgehead atoms. The quantitative estimate of drug-likeness (QED) is 0.551. The molecule has 4 nitrogen and oxygen atoms in total. The lowest BCUT2D eigenvalue weighted by molar-refractivity contribution is -0.137. The Bertz CT molecular complexity index is 150. The molecule has 84 valence electrons. The van der Waals surface area contributed by atoms with Gasteiger partial charge in [0.15, 0.2) is 0 Å². The Hall–Kier alpha value is -0.610. The minimum absolute atomic E-state index is 0.277. The van der Waals surface area contributed by atoms with E-state index < -0.39 is 5.97 Å². The van der Waals surface area contributed by atoms with Gasteiger partial charge >= 0.3 is 5.97 Å². The molecular formula is C10H21NO3. The van der Waals surface area contributed by atoms with Crippen molar-refractivity contribution in [1.29, 1.82) is 0 Å². The van der Waals surface area contributed by atoms with Crippen molar-refractivity contribution in [3.8, 4) is 0 Å². The predicted molar refractivity (Wildman–Crippen MR) is 55.4 cm³/mol. The van der Waals surface area contributed by atoms with Crippen LogP contribution in [0.3, 0.4) is 0 Å². The van der Waals surface area contributed by atoms with Crippen LogP contribution < -0.4 is 5.32 Å². The van der Waals surface area contributed by atoms with Gasteiger partial charge in [0.25, 0.3) is 0 Å². The summed E-state index contributed by atoms with van der Waals surface area (Å²) in [7, 11) is 1.68. The van der Waals surface area contributed by atoms with Crippen molar-refractivity contribution in [2.24, 2.45) is 5.92 Å². The highest BCUT2D eigenvalue weighted by molar-refractivity contribution is 5.66. The molecule has 0 saturated heterocycles. The third kappa shape index (κ3) is 9.48. The van der Waals surface area contributed by atoms with Gasteiger partial charge in [-0.3, -0.25) is 4.79 Å². The summed E-state index contributed by atoms with van der Waals surface area (Å²) < 4.78 is 4.89. The molecule has 14 heavy (non-hydrogen) atoms. The van der Waals surface area contributed by atoms with E-state index in [1.54, 1.807) is 7.11 Å². The van der Waals surface area contributed by atoms with Crippen LogP contribution in [0.4, 0.5) is 0 Å². The summed E-state index contributed by atoms with van der Waals surface area (Å²) in [5.74, 6) is -0.231. The number of hydrogen-bond donors (Lipinski definition) is 2. The second kappa shape index (κ2) is 8.97. The Morgan fingerprint density at radius 2 is 2.14 bits per heavy atom. The van der Waals surface area contributed by atoms with Crippen LogP contribution in [0.2, 0.25) is 0 Å². The van der Waals surface area contributed by atoms with Gasteiger partial charge in [0, 0.05) is 20.1 Å². The fourth-order valence-corrected chi connectivity index (χ4v) is 1.16. The summed E-state index contributed by atoms with van der Waals surface area (Å²) in [5.41, 5.74) is 0. The Balaban J connectivity index is 3.18. The van der Waals surface area contributed by atoms with E-state index in [1.165, 1.54) is 0 Å². The van der Waals surface area contributed by atoms with Gasteiger partial charge in [-0.1, -0.05) is 6.92 Å². The average Bonchev–Trinajstić information content (AvgIpc) is 2.14. The number of rotatable bonds is 9. The lowest BCUT2D eigenvalue weighted by Crippen LogP contribution is -2.21. The normalized spacial score (nSPS) is 12.7. The van der Waals surface area contributed by atoms with E-state index in [-0.39, 0.29) is 6.42 Å². The van der Waals surface area contributed by atoms with Crippen LogP contribution in [0.1, 0.15) is 26.2 Å². The molecule has 0 rings (SSSR count). The number of aliphatic carboxylic acids is 1. The fourth-order valence-electron chi connectivity index (χ4n) is 1.16. The van der Waals surface area contributed by atoms with Gasteiger partial charge < -0.3 is 15.2 Å². The second-order valence-corrected chi connectivity index (χ2v) is 3.57. The van der Waals surface area contributed by atoms with Gasteiger partial charge in [0.1, 0.15) is 0 Å². The van der Waals surface area contributed by atoms with Crippen LogP contribution in [0.25, 0.3) is 0 Å². The molecule has 0 aromatic heterocycles. The van der Waals surface area contributed by atoms with Crippen molar-refractivity contribution in [3.63, 3.8) is 0 Å². The van der Waals surface area contributed by atoms with E-state index >= 15 is 0 Å². The van der Waals surface area contributed by atoms with E-state index in [0.717, 1.165) is 32.5 Å². The lowest BCUT2D eigenvalue weighted by Gasteiger charge is -2.10. The van der Waals surface area contributed by atoms with E-state index in [4.69, 9.17) is 9.84 Å². The van der Waals surface area contributed by atoms with Gasteiger partial charge in [-0.25, -0.2) is 0 Å². The summed E-state index contributed by atoms with van der Waals surface area (Å²) in [5, 5.41) is 11.7. The molecule has 1 atom stereocenters. The topological polar surface area (TPSA) is 58.6 Å². The maximum absolute atomic E-state index is 10.3. The molecule has 0 fully saturated rings. The van der Waals surface area contributed by atoms with Crippen LogP contribution in [0, 0.1) is 5.92 Å². The molecule has 2 N–H and O–H groups in total. The molecule has 0 heterocycles. The fraction of sp³-hybridized carbons (Fsp3) is 0.900. The maximum atomic E-state index is 10.3. The molecule has 0 spiro atoms. The third-order valence-corrected chi connectivity index (χ3v) is 2.15. The molecule has 4 heteroatoms. The summed E-state index contributed by atoms with van der Waals surface area (Å²) in [6.07, 6.45) is 2.07. The molecule has 0 aliphatic carbocycles. The van der Waals surface area contributed by atoms with Gasteiger partial charge in [-0.05, 0) is 25.3 Å². The number of methoxy groups -OCH3 is 1. The van der Waals surface area contributed by atoms with Crippen molar-refractivity contribution in [3.05, 3.63) is 0 Å². The molecule has 0 aromatic rings. The van der Waals surface area contributed by atoms with E-state index in [1.807, 2.05) is 0 Å². The summed E-state index contributed by atoms with van der Waals surface area (Å²) in [6.45, 7) is 4.61.